The van der Waals surface area contributed by atoms with E-state index in [2.05, 4.69) is 4.98 Å². The van der Waals surface area contributed by atoms with Crippen molar-refractivity contribution < 1.29 is 13.9 Å². The summed E-state index contributed by atoms with van der Waals surface area (Å²) in [7, 11) is 0. The van der Waals surface area contributed by atoms with E-state index in [4.69, 9.17) is 9.15 Å². The number of furan rings is 1. The summed E-state index contributed by atoms with van der Waals surface area (Å²) in [6, 6.07) is 3.58. The van der Waals surface area contributed by atoms with Crippen LogP contribution in [0, 0.1) is 0 Å². The van der Waals surface area contributed by atoms with Crippen molar-refractivity contribution in [1.29, 1.82) is 0 Å². The first kappa shape index (κ1) is 11.9. The van der Waals surface area contributed by atoms with Crippen molar-refractivity contribution in [3.63, 3.8) is 0 Å². The van der Waals surface area contributed by atoms with E-state index < -0.39 is 11.6 Å². The Balaban J connectivity index is 2.16. The number of rotatable bonds is 2. The molecule has 2 rings (SSSR count). The lowest BCUT2D eigenvalue weighted by molar-refractivity contribution is 0.00638. The molecule has 0 saturated heterocycles. The molecule has 0 aliphatic heterocycles. The second kappa shape index (κ2) is 4.33. The lowest BCUT2D eigenvalue weighted by atomic mass is 10.2. The van der Waals surface area contributed by atoms with Crippen molar-refractivity contribution in [3.05, 3.63) is 29.5 Å². The first-order valence-corrected chi connectivity index (χ1v) is 6.06. The molecule has 4 nitrogen and oxygen atoms in total. The fourth-order valence-corrected chi connectivity index (χ4v) is 1.97. The van der Waals surface area contributed by atoms with Gasteiger partial charge in [0.25, 0.3) is 0 Å². The summed E-state index contributed by atoms with van der Waals surface area (Å²) in [5, 5.41) is 2.35. The zero-order chi connectivity index (χ0) is 12.5. The number of carbonyl (C=O) groups excluding carboxylic acids is 1. The van der Waals surface area contributed by atoms with Gasteiger partial charge in [-0.15, -0.1) is 11.3 Å². The van der Waals surface area contributed by atoms with Crippen molar-refractivity contribution >= 4 is 17.3 Å². The van der Waals surface area contributed by atoms with Gasteiger partial charge in [-0.25, -0.2) is 9.78 Å². The molecular formula is C12H13NO3S. The predicted molar refractivity (Wildman–Crippen MR) is 65.0 cm³/mol. The van der Waals surface area contributed by atoms with Crippen LogP contribution in [0.2, 0.25) is 0 Å². The Bertz CT molecular complexity index is 508. The van der Waals surface area contributed by atoms with Crippen LogP contribution in [-0.4, -0.2) is 16.6 Å². The molecule has 17 heavy (non-hydrogen) atoms. The number of thiazole rings is 1. The van der Waals surface area contributed by atoms with Crippen molar-refractivity contribution in [3.8, 4) is 10.8 Å². The van der Waals surface area contributed by atoms with Gasteiger partial charge in [-0.3, -0.25) is 0 Å². The highest BCUT2D eigenvalue weighted by Crippen LogP contribution is 2.24. The number of esters is 1. The van der Waals surface area contributed by atoms with E-state index >= 15 is 0 Å². The Hall–Kier alpha value is -1.62. The SMILES string of the molecule is CC(C)(C)OC(=O)c1csc(-c2ccco2)n1. The molecule has 0 spiro atoms. The minimum Gasteiger partial charge on any atom is -0.462 e. The number of carbonyl (C=O) groups is 1. The minimum absolute atomic E-state index is 0.316. The molecule has 90 valence electrons. The van der Waals surface area contributed by atoms with Crippen molar-refractivity contribution in [2.45, 2.75) is 26.4 Å². The van der Waals surface area contributed by atoms with Crippen molar-refractivity contribution in [1.82, 2.24) is 4.98 Å². The molecule has 0 fully saturated rings. The zero-order valence-corrected chi connectivity index (χ0v) is 10.7. The maximum absolute atomic E-state index is 11.7. The number of hydrogen-bond donors (Lipinski definition) is 0. The Morgan fingerprint density at radius 2 is 2.24 bits per heavy atom. The van der Waals surface area contributed by atoms with Gasteiger partial charge < -0.3 is 9.15 Å². The first-order valence-electron chi connectivity index (χ1n) is 5.18. The Labute approximate surface area is 103 Å². The Morgan fingerprint density at radius 3 is 2.82 bits per heavy atom. The molecule has 0 aliphatic rings. The maximum Gasteiger partial charge on any atom is 0.358 e. The summed E-state index contributed by atoms with van der Waals surface area (Å²) in [6.07, 6.45) is 1.57. The van der Waals surface area contributed by atoms with Gasteiger partial charge in [-0.1, -0.05) is 0 Å². The van der Waals surface area contributed by atoms with Gasteiger partial charge in [-0.2, -0.15) is 0 Å². The first-order chi connectivity index (χ1) is 7.96. The molecule has 0 bridgehead atoms. The molecular weight excluding hydrogens is 238 g/mol. The van der Waals surface area contributed by atoms with Crippen LogP contribution in [0.5, 0.6) is 0 Å². The molecule has 0 N–H and O–H groups in total. The number of ether oxygens (including phenoxy) is 1. The molecule has 5 heteroatoms. The molecule has 0 aromatic carbocycles. The van der Waals surface area contributed by atoms with E-state index in [1.165, 1.54) is 11.3 Å². The lowest BCUT2D eigenvalue weighted by Gasteiger charge is -2.18. The van der Waals surface area contributed by atoms with Gasteiger partial charge in [0.15, 0.2) is 16.5 Å². The highest BCUT2D eigenvalue weighted by molar-refractivity contribution is 7.13. The third-order valence-corrected chi connectivity index (χ3v) is 2.70. The van der Waals surface area contributed by atoms with E-state index in [9.17, 15) is 4.79 Å². The topological polar surface area (TPSA) is 52.3 Å². The largest absolute Gasteiger partial charge is 0.462 e. The van der Waals surface area contributed by atoms with E-state index in [1.54, 1.807) is 23.8 Å². The van der Waals surface area contributed by atoms with Gasteiger partial charge in [0, 0.05) is 5.38 Å². The summed E-state index contributed by atoms with van der Waals surface area (Å²) in [5.74, 6) is 0.247. The molecule has 0 amide bonds. The van der Waals surface area contributed by atoms with E-state index in [1.807, 2.05) is 20.8 Å². The van der Waals surface area contributed by atoms with Gasteiger partial charge in [-0.05, 0) is 32.9 Å². The standard InChI is InChI=1S/C12H13NO3S/c1-12(2,3)16-11(14)8-7-17-10(13-8)9-5-4-6-15-9/h4-7H,1-3H3. The van der Waals surface area contributed by atoms with Gasteiger partial charge in [0.05, 0.1) is 6.26 Å². The Morgan fingerprint density at radius 1 is 1.47 bits per heavy atom. The Kier molecular flexibility index (Phi) is 3.02. The van der Waals surface area contributed by atoms with E-state index in [-0.39, 0.29) is 0 Å². The summed E-state index contributed by atoms with van der Waals surface area (Å²) in [4.78, 5) is 15.9. The normalized spacial score (nSPS) is 11.5. The minimum atomic E-state index is -0.508. The molecule has 0 radical (unpaired) electrons. The van der Waals surface area contributed by atoms with Crippen LogP contribution >= 0.6 is 11.3 Å². The van der Waals surface area contributed by atoms with Crippen LogP contribution < -0.4 is 0 Å². The zero-order valence-electron chi connectivity index (χ0n) is 9.89. The van der Waals surface area contributed by atoms with Crippen LogP contribution in [0.25, 0.3) is 10.8 Å². The summed E-state index contributed by atoms with van der Waals surface area (Å²) >= 11 is 1.36. The second-order valence-corrected chi connectivity index (χ2v) is 5.38. The third-order valence-electron chi connectivity index (χ3n) is 1.84. The molecule has 0 unspecified atom stereocenters. The third kappa shape index (κ3) is 2.94. The summed E-state index contributed by atoms with van der Waals surface area (Å²) < 4.78 is 10.4. The molecule has 0 aliphatic carbocycles. The second-order valence-electron chi connectivity index (χ2n) is 4.52. The highest BCUT2D eigenvalue weighted by Gasteiger charge is 2.20. The van der Waals surface area contributed by atoms with Crippen LogP contribution in [0.1, 0.15) is 31.3 Å². The predicted octanol–water partition coefficient (Wildman–Crippen LogP) is 3.36. The van der Waals surface area contributed by atoms with Gasteiger partial charge >= 0.3 is 5.97 Å². The van der Waals surface area contributed by atoms with Crippen LogP contribution in [-0.2, 0) is 4.74 Å². The van der Waals surface area contributed by atoms with Gasteiger partial charge in [0.2, 0.25) is 0 Å². The van der Waals surface area contributed by atoms with Crippen LogP contribution in [0.4, 0.5) is 0 Å². The van der Waals surface area contributed by atoms with Gasteiger partial charge in [0.1, 0.15) is 5.60 Å². The lowest BCUT2D eigenvalue weighted by Crippen LogP contribution is -2.24. The van der Waals surface area contributed by atoms with E-state index in [0.717, 1.165) is 0 Å². The smallest absolute Gasteiger partial charge is 0.358 e. The summed E-state index contributed by atoms with van der Waals surface area (Å²) in [6.45, 7) is 5.47. The van der Waals surface area contributed by atoms with Crippen molar-refractivity contribution in [2.75, 3.05) is 0 Å². The molecule has 0 atom stereocenters. The average Bonchev–Trinajstić information content (AvgIpc) is 2.86. The molecule has 0 saturated carbocycles. The number of hydrogen-bond acceptors (Lipinski definition) is 5. The number of nitrogens with zero attached hydrogens (tertiary/aromatic N) is 1. The van der Waals surface area contributed by atoms with Crippen LogP contribution in [0.15, 0.2) is 28.2 Å². The number of aromatic nitrogens is 1. The fourth-order valence-electron chi connectivity index (χ4n) is 1.21. The fraction of sp³-hybridized carbons (Fsp3) is 0.333. The highest BCUT2D eigenvalue weighted by atomic mass is 32.1. The maximum atomic E-state index is 11.7. The average molecular weight is 251 g/mol. The molecule has 2 heterocycles. The van der Waals surface area contributed by atoms with E-state index in [0.29, 0.717) is 16.5 Å². The van der Waals surface area contributed by atoms with Crippen LogP contribution in [0.3, 0.4) is 0 Å². The quantitative estimate of drug-likeness (QED) is 0.768. The monoisotopic (exact) mass is 251 g/mol. The van der Waals surface area contributed by atoms with Crippen molar-refractivity contribution in [2.24, 2.45) is 0 Å². The molecule has 2 aromatic heterocycles. The molecule has 2 aromatic rings. The summed E-state index contributed by atoms with van der Waals surface area (Å²) in [5.41, 5.74) is -0.192.